The van der Waals surface area contributed by atoms with E-state index in [9.17, 15) is 9.59 Å². The van der Waals surface area contributed by atoms with Crippen molar-refractivity contribution in [3.63, 3.8) is 0 Å². The number of H-pyrrole nitrogens is 1. The van der Waals surface area contributed by atoms with Crippen LogP contribution < -0.4 is 9.47 Å². The number of nitrogens with one attached hydrogen (secondary N) is 1. The summed E-state index contributed by atoms with van der Waals surface area (Å²) in [7, 11) is 0. The highest BCUT2D eigenvalue weighted by atomic mass is 16.7. The molecule has 2 aliphatic rings. The van der Waals surface area contributed by atoms with Gasteiger partial charge in [0, 0.05) is 41.8 Å². The van der Waals surface area contributed by atoms with Crippen LogP contribution in [0.5, 0.6) is 11.5 Å². The summed E-state index contributed by atoms with van der Waals surface area (Å²) in [5, 5.41) is 1.08. The van der Waals surface area contributed by atoms with Crippen LogP contribution in [-0.4, -0.2) is 41.5 Å². The van der Waals surface area contributed by atoms with E-state index in [2.05, 4.69) is 4.98 Å². The van der Waals surface area contributed by atoms with Crippen molar-refractivity contribution in [2.45, 2.75) is 12.8 Å². The van der Waals surface area contributed by atoms with Crippen LogP contribution in [-0.2, 0) is 0 Å². The van der Waals surface area contributed by atoms with Crippen LogP contribution in [0, 0.1) is 5.92 Å². The number of ether oxygens (including phenoxy) is 2. The number of benzene rings is 2. The van der Waals surface area contributed by atoms with Crippen LogP contribution in [0.1, 0.15) is 33.6 Å². The number of amides is 1. The highest BCUT2D eigenvalue weighted by Crippen LogP contribution is 2.34. The number of carbonyl (C=O) groups excluding carboxylic acids is 2. The summed E-state index contributed by atoms with van der Waals surface area (Å²) in [5.74, 6) is 1.09. The minimum atomic E-state index is -0.202. The maximum absolute atomic E-state index is 13.0. The van der Waals surface area contributed by atoms with Gasteiger partial charge in [0.25, 0.3) is 5.91 Å². The molecule has 0 aliphatic carbocycles. The summed E-state index contributed by atoms with van der Waals surface area (Å²) in [5.41, 5.74) is 2.19. The first-order valence-corrected chi connectivity index (χ1v) is 9.49. The first kappa shape index (κ1) is 16.9. The van der Waals surface area contributed by atoms with E-state index < -0.39 is 0 Å². The Kier molecular flexibility index (Phi) is 4.04. The van der Waals surface area contributed by atoms with Gasteiger partial charge in [-0.25, -0.2) is 0 Å². The second kappa shape index (κ2) is 6.71. The molecular weight excluding hydrogens is 356 g/mol. The lowest BCUT2D eigenvalue weighted by Gasteiger charge is -2.32. The van der Waals surface area contributed by atoms with Crippen LogP contribution in [0.3, 0.4) is 0 Å². The predicted molar refractivity (Wildman–Crippen MR) is 104 cm³/mol. The molecule has 2 aromatic carbocycles. The Bertz CT molecular complexity index is 1070. The zero-order valence-corrected chi connectivity index (χ0v) is 15.3. The molecule has 5 rings (SSSR count). The third-order valence-corrected chi connectivity index (χ3v) is 5.54. The average Bonchev–Trinajstić information content (AvgIpc) is 3.40. The molecule has 1 saturated heterocycles. The number of rotatable bonds is 3. The van der Waals surface area contributed by atoms with Crippen LogP contribution in [0.4, 0.5) is 0 Å². The summed E-state index contributed by atoms with van der Waals surface area (Å²) in [6.07, 6.45) is 3.46. The summed E-state index contributed by atoms with van der Waals surface area (Å²) in [6, 6.07) is 12.9. The lowest BCUT2D eigenvalue weighted by molar-refractivity contribution is 0.0637. The molecule has 142 valence electrons. The smallest absolute Gasteiger partial charge is 0.253 e. The van der Waals surface area contributed by atoms with E-state index >= 15 is 0 Å². The molecule has 3 aromatic rings. The first-order valence-electron chi connectivity index (χ1n) is 9.49. The maximum Gasteiger partial charge on any atom is 0.253 e. The fourth-order valence-electron chi connectivity index (χ4n) is 4.02. The Hall–Kier alpha value is -3.28. The van der Waals surface area contributed by atoms with Crippen molar-refractivity contribution >= 4 is 22.6 Å². The zero-order valence-electron chi connectivity index (χ0n) is 15.3. The van der Waals surface area contributed by atoms with Crippen LogP contribution in [0.2, 0.25) is 0 Å². The highest BCUT2D eigenvalue weighted by Gasteiger charge is 2.30. The largest absolute Gasteiger partial charge is 0.454 e. The molecule has 6 heteroatoms. The van der Waals surface area contributed by atoms with Gasteiger partial charge in [0.05, 0.1) is 0 Å². The number of ketones is 1. The summed E-state index contributed by atoms with van der Waals surface area (Å²) in [6.45, 7) is 1.30. The Morgan fingerprint density at radius 3 is 2.79 bits per heavy atom. The van der Waals surface area contributed by atoms with E-state index in [-0.39, 0.29) is 24.4 Å². The number of carbonyl (C=O) groups is 2. The van der Waals surface area contributed by atoms with E-state index in [1.165, 1.54) is 0 Å². The standard InChI is InChI=1S/C22H20N2O4/c25-21(15-5-6-19-20(11-15)28-13-27-19)17-2-1-9-24(12-17)22(26)16-4-3-14-7-8-23-18(14)10-16/h3-8,10-11,17,23H,1-2,9,12-13H2/t17-/m0/s1. The second-order valence-corrected chi connectivity index (χ2v) is 7.30. The van der Waals surface area contributed by atoms with Gasteiger partial charge in [-0.3, -0.25) is 9.59 Å². The number of piperidine rings is 1. The van der Waals surface area contributed by atoms with Crippen LogP contribution in [0.15, 0.2) is 48.7 Å². The Morgan fingerprint density at radius 2 is 1.86 bits per heavy atom. The lowest BCUT2D eigenvalue weighted by Crippen LogP contribution is -2.42. The fraction of sp³-hybridized carbons (Fsp3) is 0.273. The quantitative estimate of drug-likeness (QED) is 0.709. The molecule has 0 saturated carbocycles. The summed E-state index contributed by atoms with van der Waals surface area (Å²) >= 11 is 0. The minimum absolute atomic E-state index is 0.0281. The summed E-state index contributed by atoms with van der Waals surface area (Å²) in [4.78, 5) is 30.9. The van der Waals surface area contributed by atoms with Crippen molar-refractivity contribution < 1.29 is 19.1 Å². The summed E-state index contributed by atoms with van der Waals surface area (Å²) < 4.78 is 10.7. The Morgan fingerprint density at radius 1 is 1.00 bits per heavy atom. The number of hydrogen-bond donors (Lipinski definition) is 1. The topological polar surface area (TPSA) is 71.6 Å². The molecule has 2 aliphatic heterocycles. The number of hydrogen-bond acceptors (Lipinski definition) is 4. The molecular formula is C22H20N2O4. The van der Waals surface area contributed by atoms with Crippen molar-refractivity contribution in [1.82, 2.24) is 9.88 Å². The first-order chi connectivity index (χ1) is 13.7. The number of nitrogens with zero attached hydrogens (tertiary/aromatic N) is 1. The molecule has 0 radical (unpaired) electrons. The van der Waals surface area contributed by atoms with Gasteiger partial charge in [0.2, 0.25) is 6.79 Å². The molecule has 1 amide bonds. The van der Waals surface area contributed by atoms with Crippen molar-refractivity contribution in [3.05, 3.63) is 59.8 Å². The average molecular weight is 376 g/mol. The molecule has 1 fully saturated rings. The lowest BCUT2D eigenvalue weighted by atomic mass is 9.89. The number of fused-ring (bicyclic) bond motifs is 2. The highest BCUT2D eigenvalue weighted by molar-refractivity contribution is 6.00. The second-order valence-electron chi connectivity index (χ2n) is 7.30. The predicted octanol–water partition coefficient (Wildman–Crippen LogP) is 3.63. The SMILES string of the molecule is O=C(c1ccc2c(c1)OCO2)[C@H]1CCCN(C(=O)c2ccc3cc[nH]c3c2)C1. The van der Waals surface area contributed by atoms with Gasteiger partial charge in [0.15, 0.2) is 17.3 Å². The zero-order chi connectivity index (χ0) is 19.1. The van der Waals surface area contributed by atoms with Gasteiger partial charge in [0.1, 0.15) is 0 Å². The molecule has 6 nitrogen and oxygen atoms in total. The minimum Gasteiger partial charge on any atom is -0.454 e. The molecule has 28 heavy (non-hydrogen) atoms. The molecule has 1 aromatic heterocycles. The Balaban J connectivity index is 1.34. The van der Waals surface area contributed by atoms with Gasteiger partial charge in [-0.05, 0) is 54.6 Å². The van der Waals surface area contributed by atoms with Crippen molar-refractivity contribution in [3.8, 4) is 11.5 Å². The van der Waals surface area contributed by atoms with Gasteiger partial charge in [-0.15, -0.1) is 0 Å². The third-order valence-electron chi connectivity index (χ3n) is 5.54. The van der Waals surface area contributed by atoms with Gasteiger partial charge >= 0.3 is 0 Å². The Labute approximate surface area is 162 Å². The molecule has 0 bridgehead atoms. The third kappa shape index (κ3) is 2.91. The van der Waals surface area contributed by atoms with Gasteiger partial charge < -0.3 is 19.4 Å². The van der Waals surface area contributed by atoms with Crippen molar-refractivity contribution in [2.24, 2.45) is 5.92 Å². The van der Waals surface area contributed by atoms with Crippen LogP contribution in [0.25, 0.3) is 10.9 Å². The molecule has 0 unspecified atom stereocenters. The number of Topliss-reactive ketones (excluding diaryl/α,β-unsaturated/α-hetero) is 1. The van der Waals surface area contributed by atoms with E-state index in [1.807, 2.05) is 30.5 Å². The van der Waals surface area contributed by atoms with Gasteiger partial charge in [-0.1, -0.05) is 6.07 Å². The van der Waals surface area contributed by atoms with E-state index in [4.69, 9.17) is 9.47 Å². The van der Waals surface area contributed by atoms with E-state index in [1.54, 1.807) is 23.1 Å². The number of aromatic nitrogens is 1. The monoisotopic (exact) mass is 376 g/mol. The molecule has 0 spiro atoms. The van der Waals surface area contributed by atoms with Crippen molar-refractivity contribution in [1.29, 1.82) is 0 Å². The maximum atomic E-state index is 13.0. The number of aromatic amines is 1. The van der Waals surface area contributed by atoms with Crippen molar-refractivity contribution in [2.75, 3.05) is 19.9 Å². The molecule has 3 heterocycles. The van der Waals surface area contributed by atoms with E-state index in [0.717, 1.165) is 23.7 Å². The number of likely N-dealkylation sites (tertiary alicyclic amines) is 1. The van der Waals surface area contributed by atoms with E-state index in [0.29, 0.717) is 35.7 Å². The molecule has 1 atom stereocenters. The normalized spacial score (nSPS) is 18.4. The van der Waals surface area contributed by atoms with Gasteiger partial charge in [-0.2, -0.15) is 0 Å². The fourth-order valence-corrected chi connectivity index (χ4v) is 4.02. The molecule has 1 N–H and O–H groups in total. The van der Waals surface area contributed by atoms with Crippen LogP contribution >= 0.6 is 0 Å².